The van der Waals surface area contributed by atoms with E-state index in [0.29, 0.717) is 18.3 Å². The lowest BCUT2D eigenvalue weighted by Crippen LogP contribution is -2.18. The SMILES string of the molecule is COc1ccc(CN(C)Cc2noc(CN)n2)cc1. The maximum absolute atomic E-state index is 5.42. The van der Waals surface area contributed by atoms with E-state index < -0.39 is 0 Å². The molecule has 0 fully saturated rings. The monoisotopic (exact) mass is 262 g/mol. The summed E-state index contributed by atoms with van der Waals surface area (Å²) in [5, 5.41) is 3.87. The molecule has 1 aromatic heterocycles. The largest absolute Gasteiger partial charge is 0.497 e. The van der Waals surface area contributed by atoms with Gasteiger partial charge in [-0.15, -0.1) is 0 Å². The van der Waals surface area contributed by atoms with Gasteiger partial charge in [-0.1, -0.05) is 17.3 Å². The first kappa shape index (κ1) is 13.5. The first-order chi connectivity index (χ1) is 9.21. The van der Waals surface area contributed by atoms with Gasteiger partial charge in [-0.3, -0.25) is 4.90 Å². The average molecular weight is 262 g/mol. The Morgan fingerprint density at radius 2 is 2.00 bits per heavy atom. The molecule has 102 valence electrons. The second-order valence-electron chi connectivity index (χ2n) is 4.33. The predicted molar refractivity (Wildman–Crippen MR) is 70.4 cm³/mol. The highest BCUT2D eigenvalue weighted by atomic mass is 16.5. The molecule has 6 nitrogen and oxygen atoms in total. The third-order valence-electron chi connectivity index (χ3n) is 2.71. The minimum absolute atomic E-state index is 0.273. The molecule has 19 heavy (non-hydrogen) atoms. The minimum Gasteiger partial charge on any atom is -0.497 e. The lowest BCUT2D eigenvalue weighted by atomic mass is 10.2. The van der Waals surface area contributed by atoms with Crippen LogP contribution in [0.4, 0.5) is 0 Å². The van der Waals surface area contributed by atoms with Gasteiger partial charge >= 0.3 is 0 Å². The maximum Gasteiger partial charge on any atom is 0.240 e. The molecule has 0 saturated heterocycles. The fourth-order valence-electron chi connectivity index (χ4n) is 1.78. The predicted octanol–water partition coefficient (Wildman–Crippen LogP) is 1.17. The molecule has 0 bridgehead atoms. The van der Waals surface area contributed by atoms with E-state index in [2.05, 4.69) is 15.0 Å². The number of rotatable bonds is 6. The van der Waals surface area contributed by atoms with Gasteiger partial charge in [0, 0.05) is 6.54 Å². The van der Waals surface area contributed by atoms with E-state index in [4.69, 9.17) is 15.0 Å². The molecule has 0 amide bonds. The van der Waals surface area contributed by atoms with Gasteiger partial charge < -0.3 is 15.0 Å². The van der Waals surface area contributed by atoms with Crippen LogP contribution in [0.15, 0.2) is 28.8 Å². The molecule has 0 radical (unpaired) electrons. The van der Waals surface area contributed by atoms with Crippen LogP contribution in [0, 0.1) is 0 Å². The van der Waals surface area contributed by atoms with E-state index >= 15 is 0 Å². The Kier molecular flexibility index (Phi) is 4.48. The number of methoxy groups -OCH3 is 1. The molecule has 2 aromatic rings. The zero-order valence-corrected chi connectivity index (χ0v) is 11.2. The zero-order valence-electron chi connectivity index (χ0n) is 11.2. The summed E-state index contributed by atoms with van der Waals surface area (Å²) in [6.07, 6.45) is 0. The van der Waals surface area contributed by atoms with E-state index in [9.17, 15) is 0 Å². The normalized spacial score (nSPS) is 10.9. The summed E-state index contributed by atoms with van der Waals surface area (Å²) in [7, 11) is 3.66. The van der Waals surface area contributed by atoms with Crippen molar-refractivity contribution in [3.8, 4) is 5.75 Å². The first-order valence-electron chi connectivity index (χ1n) is 6.04. The van der Waals surface area contributed by atoms with Crippen LogP contribution >= 0.6 is 0 Å². The van der Waals surface area contributed by atoms with Gasteiger partial charge in [-0.05, 0) is 24.7 Å². The lowest BCUT2D eigenvalue weighted by molar-refractivity contribution is 0.299. The van der Waals surface area contributed by atoms with Crippen molar-refractivity contribution in [2.24, 2.45) is 5.73 Å². The van der Waals surface area contributed by atoms with Gasteiger partial charge in [0.1, 0.15) is 5.75 Å². The number of aromatic nitrogens is 2. The number of nitrogens with two attached hydrogens (primary N) is 1. The summed E-state index contributed by atoms with van der Waals surface area (Å²) in [4.78, 5) is 6.28. The average Bonchev–Trinajstić information content (AvgIpc) is 2.87. The molecule has 0 unspecified atom stereocenters. The van der Waals surface area contributed by atoms with E-state index in [-0.39, 0.29) is 6.54 Å². The Bertz CT molecular complexity index is 510. The van der Waals surface area contributed by atoms with Crippen molar-refractivity contribution in [1.29, 1.82) is 0 Å². The van der Waals surface area contributed by atoms with Crippen LogP contribution in [0.2, 0.25) is 0 Å². The molecule has 0 aliphatic rings. The summed E-state index contributed by atoms with van der Waals surface area (Å²) in [5.74, 6) is 1.97. The van der Waals surface area contributed by atoms with E-state index in [1.807, 2.05) is 31.3 Å². The highest BCUT2D eigenvalue weighted by Crippen LogP contribution is 2.13. The molecule has 0 spiro atoms. The summed E-state index contributed by atoms with van der Waals surface area (Å²) in [5.41, 5.74) is 6.62. The molecular weight excluding hydrogens is 244 g/mol. The van der Waals surface area contributed by atoms with Gasteiger partial charge in [0.2, 0.25) is 5.89 Å². The van der Waals surface area contributed by atoms with Crippen molar-refractivity contribution in [3.05, 3.63) is 41.5 Å². The van der Waals surface area contributed by atoms with Crippen LogP contribution in [0.5, 0.6) is 5.75 Å². The van der Waals surface area contributed by atoms with Crippen molar-refractivity contribution in [2.75, 3.05) is 14.2 Å². The van der Waals surface area contributed by atoms with Crippen molar-refractivity contribution in [3.63, 3.8) is 0 Å². The van der Waals surface area contributed by atoms with Gasteiger partial charge in [0.05, 0.1) is 20.2 Å². The molecule has 0 aliphatic heterocycles. The molecule has 0 aliphatic carbocycles. The fraction of sp³-hybridized carbons (Fsp3) is 0.385. The Morgan fingerprint density at radius 1 is 1.26 bits per heavy atom. The minimum atomic E-state index is 0.273. The van der Waals surface area contributed by atoms with Crippen molar-refractivity contribution in [1.82, 2.24) is 15.0 Å². The van der Waals surface area contributed by atoms with E-state index in [1.54, 1.807) is 7.11 Å². The molecule has 2 rings (SSSR count). The smallest absolute Gasteiger partial charge is 0.240 e. The van der Waals surface area contributed by atoms with Crippen molar-refractivity contribution >= 4 is 0 Å². The molecule has 1 heterocycles. The standard InChI is InChI=1S/C13H18N4O2/c1-17(9-12-15-13(7-14)19-16-12)8-10-3-5-11(18-2)6-4-10/h3-6H,7-9,14H2,1-2H3. The summed E-state index contributed by atoms with van der Waals surface area (Å²) < 4.78 is 10.1. The maximum atomic E-state index is 5.42. The van der Waals surface area contributed by atoms with Crippen LogP contribution in [0.3, 0.4) is 0 Å². The second kappa shape index (κ2) is 6.31. The highest BCUT2D eigenvalue weighted by Gasteiger charge is 2.08. The first-order valence-corrected chi connectivity index (χ1v) is 6.04. The van der Waals surface area contributed by atoms with Crippen LogP contribution < -0.4 is 10.5 Å². The van der Waals surface area contributed by atoms with Gasteiger partial charge in [0.15, 0.2) is 5.82 Å². The molecule has 2 N–H and O–H groups in total. The Hall–Kier alpha value is -1.92. The molecule has 6 heteroatoms. The molecular formula is C13H18N4O2. The van der Waals surface area contributed by atoms with Crippen LogP contribution in [0.1, 0.15) is 17.3 Å². The third-order valence-corrected chi connectivity index (χ3v) is 2.71. The lowest BCUT2D eigenvalue weighted by Gasteiger charge is -2.14. The topological polar surface area (TPSA) is 77.4 Å². The van der Waals surface area contributed by atoms with Crippen molar-refractivity contribution in [2.45, 2.75) is 19.6 Å². The van der Waals surface area contributed by atoms with Crippen LogP contribution in [0.25, 0.3) is 0 Å². The molecule has 0 saturated carbocycles. The third kappa shape index (κ3) is 3.77. The quantitative estimate of drug-likeness (QED) is 0.842. The fourth-order valence-corrected chi connectivity index (χ4v) is 1.78. The molecule has 1 aromatic carbocycles. The Labute approximate surface area is 112 Å². The van der Waals surface area contributed by atoms with Crippen LogP contribution in [-0.2, 0) is 19.6 Å². The van der Waals surface area contributed by atoms with E-state index in [0.717, 1.165) is 12.3 Å². The summed E-state index contributed by atoms with van der Waals surface area (Å²) in [6.45, 7) is 1.70. The number of hydrogen-bond acceptors (Lipinski definition) is 6. The summed E-state index contributed by atoms with van der Waals surface area (Å²) >= 11 is 0. The Balaban J connectivity index is 1.90. The Morgan fingerprint density at radius 3 is 2.58 bits per heavy atom. The number of ether oxygens (including phenoxy) is 1. The van der Waals surface area contributed by atoms with Gasteiger partial charge in [-0.25, -0.2) is 0 Å². The summed E-state index contributed by atoms with van der Waals surface area (Å²) in [6, 6.07) is 7.97. The highest BCUT2D eigenvalue weighted by molar-refractivity contribution is 5.27. The second-order valence-corrected chi connectivity index (χ2v) is 4.33. The molecule has 0 atom stereocenters. The number of benzene rings is 1. The number of hydrogen-bond donors (Lipinski definition) is 1. The van der Waals surface area contributed by atoms with Crippen LogP contribution in [-0.4, -0.2) is 29.2 Å². The van der Waals surface area contributed by atoms with E-state index in [1.165, 1.54) is 5.56 Å². The zero-order chi connectivity index (χ0) is 13.7. The van der Waals surface area contributed by atoms with Gasteiger partial charge in [0.25, 0.3) is 0 Å². The number of nitrogens with zero attached hydrogens (tertiary/aromatic N) is 3. The van der Waals surface area contributed by atoms with Crippen molar-refractivity contribution < 1.29 is 9.26 Å². The van der Waals surface area contributed by atoms with Gasteiger partial charge in [-0.2, -0.15) is 4.98 Å².